The highest BCUT2D eigenvalue weighted by Gasteiger charge is 2.18. The molecule has 0 saturated heterocycles. The Morgan fingerprint density at radius 2 is 2.12 bits per heavy atom. The number of amides is 1. The van der Waals surface area contributed by atoms with Crippen LogP contribution < -0.4 is 5.32 Å². The van der Waals surface area contributed by atoms with Gasteiger partial charge in [-0.1, -0.05) is 41.9 Å². The molecule has 0 aliphatic heterocycles. The molecule has 1 aromatic rings. The van der Waals surface area contributed by atoms with Crippen molar-refractivity contribution in [2.24, 2.45) is 5.92 Å². The number of nitrogens with one attached hydrogen (secondary N) is 1. The molecule has 2 nitrogen and oxygen atoms in total. The first-order valence-corrected chi connectivity index (χ1v) is 6.71. The van der Waals surface area contributed by atoms with Crippen LogP contribution in [0.2, 0.25) is 0 Å². The van der Waals surface area contributed by atoms with Gasteiger partial charge in [0, 0.05) is 11.4 Å². The fourth-order valence-electron chi connectivity index (χ4n) is 1.45. The predicted octanol–water partition coefficient (Wildman–Crippen LogP) is 3.28. The molecule has 1 unspecified atom stereocenters. The summed E-state index contributed by atoms with van der Waals surface area (Å²) in [5.41, 5.74) is 0.592. The lowest BCUT2D eigenvalue weighted by atomic mass is 10.1. The van der Waals surface area contributed by atoms with E-state index in [-0.39, 0.29) is 17.5 Å². The van der Waals surface area contributed by atoms with Crippen molar-refractivity contribution in [2.75, 3.05) is 5.33 Å². The Morgan fingerprint density at radius 3 is 2.65 bits per heavy atom. The second-order valence-corrected chi connectivity index (χ2v) is 5.06. The van der Waals surface area contributed by atoms with Crippen molar-refractivity contribution < 1.29 is 9.18 Å². The highest BCUT2D eigenvalue weighted by atomic mass is 79.9. The van der Waals surface area contributed by atoms with Crippen LogP contribution in [-0.4, -0.2) is 17.3 Å². The van der Waals surface area contributed by atoms with Gasteiger partial charge >= 0.3 is 0 Å². The SMILES string of the molecule is Cc1cccc(C(=O)NC(CBr)C(C)C)c1F. The van der Waals surface area contributed by atoms with E-state index in [1.54, 1.807) is 19.1 Å². The first-order chi connectivity index (χ1) is 7.97. The van der Waals surface area contributed by atoms with Crippen molar-refractivity contribution in [3.8, 4) is 0 Å². The van der Waals surface area contributed by atoms with Gasteiger partial charge in [0.25, 0.3) is 5.91 Å². The van der Waals surface area contributed by atoms with E-state index >= 15 is 0 Å². The minimum absolute atomic E-state index is 0.00223. The van der Waals surface area contributed by atoms with Gasteiger partial charge in [-0.2, -0.15) is 0 Å². The molecule has 94 valence electrons. The van der Waals surface area contributed by atoms with E-state index in [1.807, 2.05) is 13.8 Å². The Balaban J connectivity index is 2.86. The van der Waals surface area contributed by atoms with Crippen molar-refractivity contribution in [2.45, 2.75) is 26.8 Å². The number of benzene rings is 1. The molecule has 17 heavy (non-hydrogen) atoms. The van der Waals surface area contributed by atoms with E-state index in [2.05, 4.69) is 21.2 Å². The molecule has 1 atom stereocenters. The highest BCUT2D eigenvalue weighted by Crippen LogP contribution is 2.13. The molecule has 0 aliphatic carbocycles. The smallest absolute Gasteiger partial charge is 0.254 e. The third kappa shape index (κ3) is 3.53. The Kier molecular flexibility index (Phi) is 5.12. The average molecular weight is 302 g/mol. The van der Waals surface area contributed by atoms with E-state index in [0.717, 1.165) is 0 Å². The fraction of sp³-hybridized carbons (Fsp3) is 0.462. The minimum atomic E-state index is -0.443. The average Bonchev–Trinajstić information content (AvgIpc) is 2.28. The number of carbonyl (C=O) groups is 1. The molecular weight excluding hydrogens is 285 g/mol. The lowest BCUT2D eigenvalue weighted by molar-refractivity contribution is 0.0927. The van der Waals surface area contributed by atoms with Gasteiger partial charge in [-0.05, 0) is 24.5 Å². The molecule has 0 radical (unpaired) electrons. The minimum Gasteiger partial charge on any atom is -0.348 e. The lowest BCUT2D eigenvalue weighted by Crippen LogP contribution is -2.40. The molecule has 1 N–H and O–H groups in total. The molecule has 4 heteroatoms. The quantitative estimate of drug-likeness (QED) is 0.850. The zero-order valence-corrected chi connectivity index (χ0v) is 11.8. The van der Waals surface area contributed by atoms with Gasteiger partial charge in [0.2, 0.25) is 0 Å². The van der Waals surface area contributed by atoms with Crippen LogP contribution in [0.4, 0.5) is 4.39 Å². The summed E-state index contributed by atoms with van der Waals surface area (Å²) in [6, 6.07) is 4.84. The van der Waals surface area contributed by atoms with E-state index < -0.39 is 5.82 Å². The van der Waals surface area contributed by atoms with Gasteiger partial charge in [-0.15, -0.1) is 0 Å². The number of carbonyl (C=O) groups excluding carboxylic acids is 1. The van der Waals surface area contributed by atoms with Crippen molar-refractivity contribution in [3.05, 3.63) is 35.1 Å². The maximum absolute atomic E-state index is 13.7. The fourth-order valence-corrected chi connectivity index (χ4v) is 2.36. The number of halogens is 2. The molecule has 0 bridgehead atoms. The zero-order chi connectivity index (χ0) is 13.0. The summed E-state index contributed by atoms with van der Waals surface area (Å²) >= 11 is 3.34. The number of hydrogen-bond donors (Lipinski definition) is 1. The van der Waals surface area contributed by atoms with Gasteiger partial charge in [0.1, 0.15) is 5.82 Å². The first kappa shape index (κ1) is 14.2. The molecule has 0 spiro atoms. The first-order valence-electron chi connectivity index (χ1n) is 5.59. The number of alkyl halides is 1. The molecule has 0 heterocycles. The van der Waals surface area contributed by atoms with Crippen LogP contribution in [0.15, 0.2) is 18.2 Å². The Bertz CT molecular complexity index is 406. The Morgan fingerprint density at radius 1 is 1.47 bits per heavy atom. The molecule has 1 rings (SSSR count). The molecule has 1 amide bonds. The van der Waals surface area contributed by atoms with Crippen molar-refractivity contribution in [3.63, 3.8) is 0 Å². The van der Waals surface area contributed by atoms with E-state index in [0.29, 0.717) is 16.8 Å². The summed E-state index contributed by atoms with van der Waals surface area (Å²) in [6.07, 6.45) is 0. The largest absolute Gasteiger partial charge is 0.348 e. The summed E-state index contributed by atoms with van der Waals surface area (Å²) < 4.78 is 13.7. The number of rotatable bonds is 4. The summed E-state index contributed by atoms with van der Waals surface area (Å²) in [7, 11) is 0. The van der Waals surface area contributed by atoms with Crippen LogP contribution >= 0.6 is 15.9 Å². The summed E-state index contributed by atoms with van der Waals surface area (Å²) in [5.74, 6) is -0.502. The molecular formula is C13H17BrFNO. The van der Waals surface area contributed by atoms with Crippen LogP contribution in [0, 0.1) is 18.7 Å². The van der Waals surface area contributed by atoms with Gasteiger partial charge in [-0.3, -0.25) is 4.79 Å². The molecule has 0 aromatic heterocycles. The molecule has 0 aliphatic rings. The van der Waals surface area contributed by atoms with Gasteiger partial charge in [-0.25, -0.2) is 4.39 Å². The second-order valence-electron chi connectivity index (χ2n) is 4.41. The number of aryl methyl sites for hydroxylation is 1. The van der Waals surface area contributed by atoms with Crippen LogP contribution in [0.3, 0.4) is 0 Å². The summed E-state index contributed by atoms with van der Waals surface area (Å²) in [6.45, 7) is 5.67. The van der Waals surface area contributed by atoms with Crippen molar-refractivity contribution in [1.82, 2.24) is 5.32 Å². The predicted molar refractivity (Wildman–Crippen MR) is 71.0 cm³/mol. The Hall–Kier alpha value is -0.900. The van der Waals surface area contributed by atoms with E-state index in [4.69, 9.17) is 0 Å². The van der Waals surface area contributed by atoms with E-state index in [9.17, 15) is 9.18 Å². The monoisotopic (exact) mass is 301 g/mol. The summed E-state index contributed by atoms with van der Waals surface area (Å²) in [5, 5.41) is 3.48. The van der Waals surface area contributed by atoms with Crippen LogP contribution in [0.5, 0.6) is 0 Å². The van der Waals surface area contributed by atoms with Gasteiger partial charge in [0.05, 0.1) is 5.56 Å². The van der Waals surface area contributed by atoms with E-state index in [1.165, 1.54) is 6.07 Å². The molecule has 0 saturated carbocycles. The lowest BCUT2D eigenvalue weighted by Gasteiger charge is -2.20. The normalized spacial score (nSPS) is 12.6. The van der Waals surface area contributed by atoms with Gasteiger partial charge < -0.3 is 5.32 Å². The Labute approximate surface area is 110 Å². The highest BCUT2D eigenvalue weighted by molar-refractivity contribution is 9.09. The maximum Gasteiger partial charge on any atom is 0.254 e. The second kappa shape index (κ2) is 6.15. The zero-order valence-electron chi connectivity index (χ0n) is 10.3. The van der Waals surface area contributed by atoms with Crippen molar-refractivity contribution >= 4 is 21.8 Å². The topological polar surface area (TPSA) is 29.1 Å². The third-order valence-corrected chi connectivity index (χ3v) is 3.42. The van der Waals surface area contributed by atoms with Crippen LogP contribution in [0.25, 0.3) is 0 Å². The van der Waals surface area contributed by atoms with Crippen LogP contribution in [-0.2, 0) is 0 Å². The molecule has 0 fully saturated rings. The van der Waals surface area contributed by atoms with Gasteiger partial charge in [0.15, 0.2) is 0 Å². The number of hydrogen-bond acceptors (Lipinski definition) is 1. The maximum atomic E-state index is 13.7. The summed E-state index contributed by atoms with van der Waals surface area (Å²) in [4.78, 5) is 11.9. The van der Waals surface area contributed by atoms with Crippen LogP contribution in [0.1, 0.15) is 29.8 Å². The standard InChI is InChI=1S/C13H17BrFNO/c1-8(2)11(7-14)16-13(17)10-6-4-5-9(3)12(10)15/h4-6,8,11H,7H2,1-3H3,(H,16,17). The molecule has 1 aromatic carbocycles. The third-order valence-electron chi connectivity index (χ3n) is 2.72. The van der Waals surface area contributed by atoms with Crippen molar-refractivity contribution in [1.29, 1.82) is 0 Å².